The van der Waals surface area contributed by atoms with Crippen LogP contribution in [0.1, 0.15) is 38.9 Å². The van der Waals surface area contributed by atoms with E-state index in [-0.39, 0.29) is 40.3 Å². The number of anilines is 1. The van der Waals surface area contributed by atoms with Crippen molar-refractivity contribution < 1.29 is 31.5 Å². The Hall–Kier alpha value is -3.47. The lowest BCUT2D eigenvalue weighted by atomic mass is 9.99. The molecule has 3 aromatic rings. The van der Waals surface area contributed by atoms with Crippen LogP contribution in [0.3, 0.4) is 0 Å². The molecule has 0 aliphatic carbocycles. The lowest BCUT2D eigenvalue weighted by Crippen LogP contribution is -2.40. The second kappa shape index (κ2) is 8.14. The zero-order chi connectivity index (χ0) is 24.1. The SMILES string of the molecule is Cc1nn2c(c1NC(=O)c1cc(F)cc(C(F)(F)F)c1)C(c1cc(F)ccc1Cl)NC(=O)C2. The number of aryl methyl sites for hydroxylation is 1. The van der Waals surface area contributed by atoms with Gasteiger partial charge in [-0.15, -0.1) is 0 Å². The van der Waals surface area contributed by atoms with Crippen molar-refractivity contribution >= 4 is 29.1 Å². The summed E-state index contributed by atoms with van der Waals surface area (Å²) in [7, 11) is 0. The van der Waals surface area contributed by atoms with Gasteiger partial charge in [-0.05, 0) is 43.3 Å². The standard InChI is InChI=1S/C21H14ClF5N4O2/c1-9-17(29-20(33)10-4-11(21(25,26)27)6-13(24)5-10)19-18(28-16(32)8-31(19)30-9)14-7-12(23)2-3-15(14)22/h2-7,18H,8H2,1H3,(H,28,32)(H,29,33). The number of alkyl halides is 3. The van der Waals surface area contributed by atoms with Crippen LogP contribution in [0, 0.1) is 18.6 Å². The normalized spacial score (nSPS) is 15.7. The van der Waals surface area contributed by atoms with E-state index in [2.05, 4.69) is 15.7 Å². The zero-order valence-corrected chi connectivity index (χ0v) is 17.5. The van der Waals surface area contributed by atoms with Crippen LogP contribution in [0.15, 0.2) is 36.4 Å². The van der Waals surface area contributed by atoms with E-state index in [0.29, 0.717) is 12.1 Å². The molecular weight excluding hydrogens is 471 g/mol. The number of rotatable bonds is 3. The molecule has 0 fully saturated rings. The Morgan fingerprint density at radius 3 is 2.61 bits per heavy atom. The van der Waals surface area contributed by atoms with Gasteiger partial charge in [-0.3, -0.25) is 14.3 Å². The monoisotopic (exact) mass is 484 g/mol. The number of carbonyl (C=O) groups excluding carboxylic acids is 2. The van der Waals surface area contributed by atoms with Crippen molar-refractivity contribution in [3.63, 3.8) is 0 Å². The molecule has 0 radical (unpaired) electrons. The van der Waals surface area contributed by atoms with Crippen molar-refractivity contribution in [1.82, 2.24) is 15.1 Å². The summed E-state index contributed by atoms with van der Waals surface area (Å²) in [6, 6.07) is 3.99. The molecule has 1 unspecified atom stereocenters. The predicted octanol–water partition coefficient (Wildman–Crippen LogP) is 4.61. The molecule has 33 heavy (non-hydrogen) atoms. The van der Waals surface area contributed by atoms with E-state index >= 15 is 0 Å². The van der Waals surface area contributed by atoms with Gasteiger partial charge in [0, 0.05) is 16.1 Å². The summed E-state index contributed by atoms with van der Waals surface area (Å²) in [5, 5.41) is 9.43. The average molecular weight is 485 g/mol. The molecule has 1 atom stereocenters. The maximum atomic E-state index is 13.9. The lowest BCUT2D eigenvalue weighted by molar-refractivity contribution is -0.137. The summed E-state index contributed by atoms with van der Waals surface area (Å²) >= 11 is 6.20. The van der Waals surface area contributed by atoms with E-state index in [9.17, 15) is 31.5 Å². The van der Waals surface area contributed by atoms with Crippen molar-refractivity contribution in [3.05, 3.63) is 81.1 Å². The molecule has 2 N–H and O–H groups in total. The molecule has 0 spiro atoms. The molecule has 1 aliphatic rings. The number of benzene rings is 2. The third kappa shape index (κ3) is 4.40. The topological polar surface area (TPSA) is 76.0 Å². The van der Waals surface area contributed by atoms with E-state index in [1.807, 2.05) is 0 Å². The minimum atomic E-state index is -4.85. The molecule has 12 heteroatoms. The second-order valence-corrected chi connectivity index (χ2v) is 7.76. The van der Waals surface area contributed by atoms with Crippen LogP contribution in [0.2, 0.25) is 5.02 Å². The van der Waals surface area contributed by atoms with Gasteiger partial charge in [0.05, 0.1) is 28.7 Å². The highest BCUT2D eigenvalue weighted by atomic mass is 35.5. The molecular formula is C21H14ClF5N4O2. The first-order valence-electron chi connectivity index (χ1n) is 9.45. The Morgan fingerprint density at radius 2 is 1.91 bits per heavy atom. The molecule has 1 aromatic heterocycles. The third-order valence-corrected chi connectivity index (χ3v) is 5.38. The van der Waals surface area contributed by atoms with Gasteiger partial charge >= 0.3 is 6.18 Å². The van der Waals surface area contributed by atoms with Crippen LogP contribution in [0.4, 0.5) is 27.6 Å². The molecule has 1 aliphatic heterocycles. The number of amides is 2. The maximum Gasteiger partial charge on any atom is 0.416 e. The molecule has 0 saturated carbocycles. The van der Waals surface area contributed by atoms with Crippen molar-refractivity contribution in [2.24, 2.45) is 0 Å². The Bertz CT molecular complexity index is 1290. The fourth-order valence-electron chi connectivity index (χ4n) is 3.61. The van der Waals surface area contributed by atoms with Gasteiger partial charge in [-0.25, -0.2) is 8.78 Å². The maximum absolute atomic E-state index is 13.9. The van der Waals surface area contributed by atoms with Crippen LogP contribution >= 0.6 is 11.6 Å². The summed E-state index contributed by atoms with van der Waals surface area (Å²) in [6.07, 6.45) is -4.85. The number of nitrogens with one attached hydrogen (secondary N) is 2. The summed E-state index contributed by atoms with van der Waals surface area (Å²) in [5.41, 5.74) is -1.16. The fourth-order valence-corrected chi connectivity index (χ4v) is 3.84. The highest BCUT2D eigenvalue weighted by Crippen LogP contribution is 2.37. The van der Waals surface area contributed by atoms with Crippen LogP contribution in [0.25, 0.3) is 0 Å². The molecule has 2 amide bonds. The second-order valence-electron chi connectivity index (χ2n) is 7.35. The van der Waals surface area contributed by atoms with Gasteiger partial charge in [-0.2, -0.15) is 18.3 Å². The quantitative estimate of drug-likeness (QED) is 0.533. The van der Waals surface area contributed by atoms with Crippen molar-refractivity contribution in [2.75, 3.05) is 5.32 Å². The number of hydrogen-bond donors (Lipinski definition) is 2. The number of halogens is 6. The molecule has 2 aromatic carbocycles. The smallest absolute Gasteiger partial charge is 0.342 e. The molecule has 0 bridgehead atoms. The Kier molecular flexibility index (Phi) is 5.61. The van der Waals surface area contributed by atoms with E-state index in [0.717, 1.165) is 12.1 Å². The lowest BCUT2D eigenvalue weighted by Gasteiger charge is -2.27. The van der Waals surface area contributed by atoms with Gasteiger partial charge in [-0.1, -0.05) is 11.6 Å². The first kappa shape index (κ1) is 22.7. The molecule has 4 rings (SSSR count). The van der Waals surface area contributed by atoms with Gasteiger partial charge in [0.2, 0.25) is 5.91 Å². The Balaban J connectivity index is 1.77. The highest BCUT2D eigenvalue weighted by Gasteiger charge is 2.35. The predicted molar refractivity (Wildman–Crippen MR) is 108 cm³/mol. The van der Waals surface area contributed by atoms with Crippen molar-refractivity contribution in [2.45, 2.75) is 25.7 Å². The van der Waals surface area contributed by atoms with Crippen LogP contribution < -0.4 is 10.6 Å². The summed E-state index contributed by atoms with van der Waals surface area (Å²) in [5.74, 6) is -3.34. The summed E-state index contributed by atoms with van der Waals surface area (Å²) < 4.78 is 68.0. The van der Waals surface area contributed by atoms with E-state index in [4.69, 9.17) is 11.6 Å². The van der Waals surface area contributed by atoms with E-state index in [1.165, 1.54) is 17.7 Å². The third-order valence-electron chi connectivity index (χ3n) is 5.03. The number of hydrogen-bond acceptors (Lipinski definition) is 3. The Morgan fingerprint density at radius 1 is 1.18 bits per heavy atom. The first-order valence-corrected chi connectivity index (χ1v) is 9.82. The number of fused-ring (bicyclic) bond motifs is 1. The van der Waals surface area contributed by atoms with Gasteiger partial charge in [0.25, 0.3) is 5.91 Å². The number of nitrogens with zero attached hydrogens (tertiary/aromatic N) is 2. The molecule has 6 nitrogen and oxygen atoms in total. The minimum Gasteiger partial charge on any atom is -0.342 e. The molecule has 2 heterocycles. The fraction of sp³-hybridized carbons (Fsp3) is 0.190. The molecule has 172 valence electrons. The van der Waals surface area contributed by atoms with Crippen LogP contribution in [-0.2, 0) is 17.5 Å². The van der Waals surface area contributed by atoms with Gasteiger partial charge in [0.15, 0.2) is 0 Å². The summed E-state index contributed by atoms with van der Waals surface area (Å²) in [6.45, 7) is 1.29. The van der Waals surface area contributed by atoms with Crippen molar-refractivity contribution in [1.29, 1.82) is 0 Å². The summed E-state index contributed by atoms with van der Waals surface area (Å²) in [4.78, 5) is 24.9. The zero-order valence-electron chi connectivity index (χ0n) is 16.7. The van der Waals surface area contributed by atoms with Crippen LogP contribution in [0.5, 0.6) is 0 Å². The van der Waals surface area contributed by atoms with Gasteiger partial charge < -0.3 is 10.6 Å². The Labute approximate surface area is 188 Å². The largest absolute Gasteiger partial charge is 0.416 e. The van der Waals surface area contributed by atoms with Crippen LogP contribution in [-0.4, -0.2) is 21.6 Å². The van der Waals surface area contributed by atoms with Crippen molar-refractivity contribution in [3.8, 4) is 0 Å². The first-order chi connectivity index (χ1) is 15.4. The number of carbonyl (C=O) groups is 2. The van der Waals surface area contributed by atoms with Gasteiger partial charge in [0.1, 0.15) is 18.2 Å². The number of aromatic nitrogens is 2. The highest BCUT2D eigenvalue weighted by molar-refractivity contribution is 6.31. The molecule has 0 saturated heterocycles. The average Bonchev–Trinajstić information content (AvgIpc) is 3.02. The van der Waals surface area contributed by atoms with E-state index in [1.54, 1.807) is 0 Å². The minimum absolute atomic E-state index is 0.0724. The van der Waals surface area contributed by atoms with E-state index < -0.39 is 46.8 Å².